The Hall–Kier alpha value is -4.57. The van der Waals surface area contributed by atoms with Crippen LogP contribution in [0, 0.1) is 28.6 Å². The van der Waals surface area contributed by atoms with E-state index in [4.69, 9.17) is 32.8 Å². The highest BCUT2D eigenvalue weighted by atomic mass is 16.6. The molecule has 16 nitrogen and oxygen atoms in total. The van der Waals surface area contributed by atoms with Crippen molar-refractivity contribution in [3.8, 4) is 0 Å². The molecular formula is C38H50O16. The fourth-order valence-corrected chi connectivity index (χ4v) is 9.16. The molecule has 1 aromatic rings. The lowest BCUT2D eigenvalue weighted by molar-refractivity contribution is -0.239. The highest BCUT2D eigenvalue weighted by molar-refractivity contribution is 5.96. The number of aliphatic hydroxyl groups excluding tert-OH is 1. The van der Waals surface area contributed by atoms with Gasteiger partial charge in [-0.3, -0.25) is 28.8 Å². The second-order valence-corrected chi connectivity index (χ2v) is 15.2. The van der Waals surface area contributed by atoms with Crippen LogP contribution in [-0.2, 0) is 62.0 Å². The molecule has 0 amide bonds. The molecule has 0 bridgehead atoms. The van der Waals surface area contributed by atoms with Crippen molar-refractivity contribution >= 4 is 42.1 Å². The molecule has 3 unspecified atom stereocenters. The molecule has 298 valence electrons. The number of cyclic esters (lactones) is 1. The third-order valence-corrected chi connectivity index (χ3v) is 12.2. The first-order valence-electron chi connectivity index (χ1n) is 17.7. The number of Topliss-reactive ketones (excluding diaryl/α,β-unsaturated/α-hetero) is 1. The molecule has 4 rings (SSSR count). The topological polar surface area (TPSA) is 228 Å². The zero-order valence-corrected chi connectivity index (χ0v) is 31.8. The number of carbonyl (C=O) groups is 7. The molecule has 2 heterocycles. The molecule has 0 spiro atoms. The highest BCUT2D eigenvalue weighted by Gasteiger charge is 2.77. The SMILES string of the molecule is C=C1[C@@H]([C@@]2(C)[C@@H](OC(C)=O)CC(=O)O[C@@](C)(COC(C)=O)[C@@H]2CC(=O)OC)C(OC=O)[C@H](OC(=O)C(O)[C@H](C)CC)[C@@]2(C)[C@H](c3ccoc3)CC(=O)C12O. The Bertz CT molecular complexity index is 1650. The van der Waals surface area contributed by atoms with Gasteiger partial charge in [0.25, 0.3) is 6.47 Å². The third-order valence-electron chi connectivity index (χ3n) is 12.2. The minimum atomic E-state index is -2.60. The maximum atomic E-state index is 14.4. The van der Waals surface area contributed by atoms with E-state index < -0.39 is 125 Å². The molecule has 0 radical (unpaired) electrons. The summed E-state index contributed by atoms with van der Waals surface area (Å²) < 4.78 is 39.4. The lowest BCUT2D eigenvalue weighted by Gasteiger charge is -2.61. The fraction of sp³-hybridized carbons (Fsp3) is 0.658. The van der Waals surface area contributed by atoms with E-state index in [1.54, 1.807) is 19.9 Å². The van der Waals surface area contributed by atoms with Gasteiger partial charge in [-0.1, -0.05) is 40.7 Å². The van der Waals surface area contributed by atoms with E-state index in [-0.39, 0.29) is 18.5 Å². The number of fused-ring (bicyclic) bond motifs is 1. The molecule has 0 aromatic carbocycles. The number of ketones is 1. The normalized spacial score (nSPS) is 36.1. The smallest absolute Gasteiger partial charge is 0.335 e. The summed E-state index contributed by atoms with van der Waals surface area (Å²) in [5.41, 5.74) is -8.16. The molecule has 2 aliphatic carbocycles. The van der Waals surface area contributed by atoms with Gasteiger partial charge in [-0.25, -0.2) is 4.79 Å². The summed E-state index contributed by atoms with van der Waals surface area (Å²) in [7, 11) is 1.10. The molecule has 54 heavy (non-hydrogen) atoms. The first-order chi connectivity index (χ1) is 25.2. The Morgan fingerprint density at radius 3 is 2.30 bits per heavy atom. The van der Waals surface area contributed by atoms with Crippen LogP contribution in [0.15, 0.2) is 35.2 Å². The lowest BCUT2D eigenvalue weighted by atomic mass is 9.46. The molecule has 16 heteroatoms. The first kappa shape index (κ1) is 42.2. The molecular weight excluding hydrogens is 712 g/mol. The van der Waals surface area contributed by atoms with E-state index in [1.165, 1.54) is 33.3 Å². The molecule has 2 saturated carbocycles. The van der Waals surface area contributed by atoms with Gasteiger partial charge in [0.15, 0.2) is 17.5 Å². The third kappa shape index (κ3) is 6.93. The largest absolute Gasteiger partial charge is 0.472 e. The number of carbonyl (C=O) groups excluding carboxylic acids is 7. The number of rotatable bonds is 13. The number of esters is 5. The van der Waals surface area contributed by atoms with Gasteiger partial charge in [0.2, 0.25) is 0 Å². The fourth-order valence-electron chi connectivity index (χ4n) is 9.16. The molecule has 1 aromatic heterocycles. The predicted octanol–water partition coefficient (Wildman–Crippen LogP) is 2.51. The standard InChI is InChI=1S/C38H50O16/c1-10-19(2)31(45)34(46)53-33-32(51-18-39)30(20(3)38(47)26(42)13-24(37(33,38)8)23-11-12-49-16-23)36(7)25(14-28(43)48-9)35(6,17-50-21(4)40)54-29(44)15-27(36)52-22(5)41/h11-12,16,18-19,24-25,27,30-33,45,47H,3,10,13-15,17H2,1-2,4-9H3/t19-,24+,25+,27+,30-,31?,32?,33+,35+,36-,37-,38?/m1/s1. The van der Waals surface area contributed by atoms with Gasteiger partial charge < -0.3 is 43.1 Å². The summed E-state index contributed by atoms with van der Waals surface area (Å²) in [5.74, 6) is -9.90. The van der Waals surface area contributed by atoms with E-state index in [0.29, 0.717) is 12.0 Å². The minimum Gasteiger partial charge on any atom is -0.472 e. The van der Waals surface area contributed by atoms with Crippen molar-refractivity contribution in [2.75, 3.05) is 13.7 Å². The summed E-state index contributed by atoms with van der Waals surface area (Å²) in [5, 5.41) is 24.1. The van der Waals surface area contributed by atoms with Crippen LogP contribution < -0.4 is 0 Å². The average Bonchev–Trinajstić information content (AvgIpc) is 3.70. The van der Waals surface area contributed by atoms with Crippen LogP contribution in [-0.4, -0.2) is 102 Å². The highest BCUT2D eigenvalue weighted by Crippen LogP contribution is 2.68. The van der Waals surface area contributed by atoms with Crippen LogP contribution >= 0.6 is 0 Å². The number of furan rings is 1. The number of hydrogen-bond acceptors (Lipinski definition) is 16. The predicted molar refractivity (Wildman–Crippen MR) is 183 cm³/mol. The first-order valence-corrected chi connectivity index (χ1v) is 17.7. The maximum absolute atomic E-state index is 14.4. The number of ether oxygens (including phenoxy) is 6. The van der Waals surface area contributed by atoms with Crippen LogP contribution in [0.3, 0.4) is 0 Å². The minimum absolute atomic E-state index is 0.0597. The van der Waals surface area contributed by atoms with Crippen LogP contribution in [0.1, 0.15) is 85.6 Å². The van der Waals surface area contributed by atoms with Gasteiger partial charge in [0.05, 0.1) is 37.9 Å². The quantitative estimate of drug-likeness (QED) is 0.127. The van der Waals surface area contributed by atoms with Gasteiger partial charge in [-0.15, -0.1) is 0 Å². The molecule has 1 aliphatic heterocycles. The Morgan fingerprint density at radius 1 is 1.09 bits per heavy atom. The van der Waals surface area contributed by atoms with Crippen LogP contribution in [0.4, 0.5) is 0 Å². The van der Waals surface area contributed by atoms with Gasteiger partial charge in [-0.05, 0) is 30.0 Å². The van der Waals surface area contributed by atoms with E-state index >= 15 is 0 Å². The Labute approximate surface area is 312 Å². The van der Waals surface area contributed by atoms with Crippen molar-refractivity contribution in [2.45, 2.75) is 116 Å². The maximum Gasteiger partial charge on any atom is 0.335 e. The molecule has 1 saturated heterocycles. The van der Waals surface area contributed by atoms with Crippen LogP contribution in [0.2, 0.25) is 0 Å². The van der Waals surface area contributed by atoms with E-state index in [1.807, 2.05) is 0 Å². The van der Waals surface area contributed by atoms with E-state index in [2.05, 4.69) is 6.58 Å². The summed E-state index contributed by atoms with van der Waals surface area (Å²) >= 11 is 0. The number of aliphatic hydroxyl groups is 2. The monoisotopic (exact) mass is 762 g/mol. The molecule has 2 N–H and O–H groups in total. The zero-order valence-electron chi connectivity index (χ0n) is 31.8. The van der Waals surface area contributed by atoms with Crippen molar-refractivity contribution in [1.82, 2.24) is 0 Å². The van der Waals surface area contributed by atoms with Crippen molar-refractivity contribution in [1.29, 1.82) is 0 Å². The van der Waals surface area contributed by atoms with Gasteiger partial charge in [0, 0.05) is 43.4 Å². The summed E-state index contributed by atoms with van der Waals surface area (Å²) in [6.45, 7) is 13.5. The van der Waals surface area contributed by atoms with Crippen LogP contribution in [0.25, 0.3) is 0 Å². The van der Waals surface area contributed by atoms with E-state index in [9.17, 15) is 43.8 Å². The number of hydrogen-bond donors (Lipinski definition) is 2. The van der Waals surface area contributed by atoms with Crippen molar-refractivity contribution in [3.05, 3.63) is 36.3 Å². The number of methoxy groups -OCH3 is 1. The second kappa shape index (κ2) is 15.7. The Kier molecular flexibility index (Phi) is 12.2. The van der Waals surface area contributed by atoms with E-state index in [0.717, 1.165) is 21.0 Å². The Morgan fingerprint density at radius 2 is 1.76 bits per heavy atom. The van der Waals surface area contributed by atoms with Crippen molar-refractivity contribution in [3.63, 3.8) is 0 Å². The molecule has 3 fully saturated rings. The zero-order chi connectivity index (χ0) is 40.6. The Balaban J connectivity index is 2.13. The van der Waals surface area contributed by atoms with Crippen molar-refractivity contribution in [2.24, 2.45) is 28.6 Å². The summed E-state index contributed by atoms with van der Waals surface area (Å²) in [6, 6.07) is 1.56. The average molecular weight is 763 g/mol. The van der Waals surface area contributed by atoms with Gasteiger partial charge in [0.1, 0.15) is 30.5 Å². The van der Waals surface area contributed by atoms with Gasteiger partial charge in [-0.2, -0.15) is 0 Å². The van der Waals surface area contributed by atoms with Gasteiger partial charge >= 0.3 is 29.8 Å². The molecule has 12 atom stereocenters. The van der Waals surface area contributed by atoms with Crippen molar-refractivity contribution < 1.29 is 76.6 Å². The second-order valence-electron chi connectivity index (χ2n) is 15.2. The lowest BCUT2D eigenvalue weighted by Crippen LogP contribution is -2.72. The van der Waals surface area contributed by atoms with Crippen LogP contribution in [0.5, 0.6) is 0 Å². The summed E-state index contributed by atoms with van der Waals surface area (Å²) in [4.78, 5) is 92.7. The summed E-state index contributed by atoms with van der Waals surface area (Å²) in [6.07, 6.45) is -5.26. The molecule has 3 aliphatic rings.